The molecule has 9 nitrogen and oxygen atoms in total. The molecular weight excluding hydrogens is 364 g/mol. The van der Waals surface area contributed by atoms with Crippen molar-refractivity contribution in [1.82, 2.24) is 20.7 Å². The van der Waals surface area contributed by atoms with Gasteiger partial charge >= 0.3 is 0 Å². The molecule has 1 amide bonds. The number of rotatable bonds is 5. The van der Waals surface area contributed by atoms with Crippen LogP contribution in [0.3, 0.4) is 0 Å². The Balaban J connectivity index is 1.24. The fourth-order valence-corrected chi connectivity index (χ4v) is 2.84. The van der Waals surface area contributed by atoms with Crippen LogP contribution in [0.2, 0.25) is 0 Å². The topological polar surface area (TPSA) is 115 Å². The zero-order valence-corrected chi connectivity index (χ0v) is 14.5. The van der Waals surface area contributed by atoms with Crippen molar-refractivity contribution in [2.45, 2.75) is 6.54 Å². The van der Waals surface area contributed by atoms with Crippen LogP contribution >= 0.6 is 0 Å². The molecule has 1 aromatic carbocycles. The minimum Gasteiger partial charge on any atom is -0.463 e. The van der Waals surface area contributed by atoms with Crippen molar-refractivity contribution in [3.63, 3.8) is 0 Å². The maximum absolute atomic E-state index is 12.3. The predicted molar refractivity (Wildman–Crippen MR) is 95.5 cm³/mol. The summed E-state index contributed by atoms with van der Waals surface area (Å²) in [7, 11) is 0. The molecule has 0 saturated carbocycles. The van der Waals surface area contributed by atoms with Crippen LogP contribution in [0.15, 0.2) is 57.7 Å². The van der Waals surface area contributed by atoms with E-state index in [9.17, 15) is 4.79 Å². The SMILES string of the molecule is O=C(NCc1cc(-c2ccc3c(c2)OCO3)on1)c1cc(-c2ccco2)[nH]n1. The van der Waals surface area contributed by atoms with E-state index in [4.69, 9.17) is 18.4 Å². The lowest BCUT2D eigenvalue weighted by atomic mass is 10.1. The number of H-pyrrole nitrogens is 1. The molecule has 0 spiro atoms. The summed E-state index contributed by atoms with van der Waals surface area (Å²) in [6, 6.07) is 12.4. The standard InChI is InChI=1S/C19H14N4O5/c24-19(14-8-13(21-22-14)15-2-1-5-25-15)20-9-12-7-17(28-23-12)11-3-4-16-18(6-11)27-10-26-16/h1-8H,9-10H2,(H,20,24)(H,21,22). The first-order valence-electron chi connectivity index (χ1n) is 8.49. The van der Waals surface area contributed by atoms with E-state index in [-0.39, 0.29) is 24.9 Å². The van der Waals surface area contributed by atoms with Gasteiger partial charge < -0.3 is 23.7 Å². The molecule has 0 unspecified atom stereocenters. The number of benzene rings is 1. The van der Waals surface area contributed by atoms with E-state index in [2.05, 4.69) is 20.7 Å². The largest absolute Gasteiger partial charge is 0.463 e. The minimum absolute atomic E-state index is 0.204. The number of aromatic amines is 1. The molecular formula is C19H14N4O5. The van der Waals surface area contributed by atoms with Crippen molar-refractivity contribution in [3.05, 3.63) is 60.1 Å². The highest BCUT2D eigenvalue weighted by Gasteiger charge is 2.17. The fraction of sp³-hybridized carbons (Fsp3) is 0.105. The van der Waals surface area contributed by atoms with Crippen LogP contribution in [-0.2, 0) is 6.54 Å². The molecule has 0 aliphatic carbocycles. The lowest BCUT2D eigenvalue weighted by molar-refractivity contribution is 0.0945. The van der Waals surface area contributed by atoms with Crippen LogP contribution < -0.4 is 14.8 Å². The van der Waals surface area contributed by atoms with E-state index in [1.54, 1.807) is 30.5 Å². The highest BCUT2D eigenvalue weighted by atomic mass is 16.7. The van der Waals surface area contributed by atoms with Crippen molar-refractivity contribution >= 4 is 5.91 Å². The Kier molecular flexibility index (Phi) is 3.82. The van der Waals surface area contributed by atoms with Gasteiger partial charge in [0, 0.05) is 17.7 Å². The van der Waals surface area contributed by atoms with Gasteiger partial charge in [-0.05, 0) is 30.3 Å². The number of furan rings is 1. The molecule has 0 atom stereocenters. The number of nitrogens with zero attached hydrogens (tertiary/aromatic N) is 2. The monoisotopic (exact) mass is 378 g/mol. The van der Waals surface area contributed by atoms with Gasteiger partial charge in [0.25, 0.3) is 5.91 Å². The molecule has 0 bridgehead atoms. The summed E-state index contributed by atoms with van der Waals surface area (Å²) in [4.78, 5) is 12.3. The molecule has 0 saturated heterocycles. The van der Waals surface area contributed by atoms with Gasteiger partial charge in [0.05, 0.1) is 12.8 Å². The molecule has 4 heterocycles. The van der Waals surface area contributed by atoms with E-state index < -0.39 is 0 Å². The number of hydrogen-bond acceptors (Lipinski definition) is 7. The number of carbonyl (C=O) groups is 1. The fourth-order valence-electron chi connectivity index (χ4n) is 2.84. The lowest BCUT2D eigenvalue weighted by Gasteiger charge is -1.99. The zero-order valence-electron chi connectivity index (χ0n) is 14.5. The van der Waals surface area contributed by atoms with Gasteiger partial charge in [0.2, 0.25) is 6.79 Å². The molecule has 28 heavy (non-hydrogen) atoms. The van der Waals surface area contributed by atoms with Crippen molar-refractivity contribution in [1.29, 1.82) is 0 Å². The van der Waals surface area contributed by atoms with Crippen LogP contribution in [0.4, 0.5) is 0 Å². The van der Waals surface area contributed by atoms with Gasteiger partial charge in [-0.2, -0.15) is 5.10 Å². The summed E-state index contributed by atoms with van der Waals surface area (Å²) in [6.07, 6.45) is 1.55. The van der Waals surface area contributed by atoms with Crippen LogP contribution in [0.25, 0.3) is 22.8 Å². The van der Waals surface area contributed by atoms with Gasteiger partial charge in [-0.15, -0.1) is 0 Å². The summed E-state index contributed by atoms with van der Waals surface area (Å²) < 4.78 is 21.3. The third-order valence-electron chi connectivity index (χ3n) is 4.24. The third-order valence-corrected chi connectivity index (χ3v) is 4.24. The van der Waals surface area contributed by atoms with Crippen LogP contribution in [0.5, 0.6) is 11.5 Å². The number of aromatic nitrogens is 3. The number of hydrogen-bond donors (Lipinski definition) is 2. The van der Waals surface area contributed by atoms with Crippen LogP contribution in [-0.4, -0.2) is 28.1 Å². The average molecular weight is 378 g/mol. The second-order valence-electron chi connectivity index (χ2n) is 6.08. The van der Waals surface area contributed by atoms with E-state index >= 15 is 0 Å². The Labute approximate surface area is 158 Å². The minimum atomic E-state index is -0.332. The first-order chi connectivity index (χ1) is 13.8. The predicted octanol–water partition coefficient (Wildman–Crippen LogP) is 2.98. The Bertz CT molecular complexity index is 1130. The molecule has 5 rings (SSSR count). The molecule has 1 aliphatic rings. The molecule has 0 fully saturated rings. The van der Waals surface area contributed by atoms with E-state index in [1.165, 1.54) is 0 Å². The zero-order chi connectivity index (χ0) is 18.9. The Morgan fingerprint density at radius 1 is 1.11 bits per heavy atom. The summed E-state index contributed by atoms with van der Waals surface area (Å²) in [6.45, 7) is 0.414. The second kappa shape index (κ2) is 6.62. The molecule has 0 radical (unpaired) electrons. The van der Waals surface area contributed by atoms with E-state index in [0.29, 0.717) is 34.4 Å². The van der Waals surface area contributed by atoms with Gasteiger partial charge in [-0.25, -0.2) is 0 Å². The highest BCUT2D eigenvalue weighted by Crippen LogP contribution is 2.36. The normalized spacial score (nSPS) is 12.3. The summed E-state index contributed by atoms with van der Waals surface area (Å²) in [5.74, 6) is 2.21. The Hall–Kier alpha value is -4.01. The van der Waals surface area contributed by atoms with E-state index in [1.807, 2.05) is 18.2 Å². The van der Waals surface area contributed by atoms with Crippen LogP contribution in [0, 0.1) is 0 Å². The van der Waals surface area contributed by atoms with Gasteiger partial charge in [0.1, 0.15) is 11.4 Å². The summed E-state index contributed by atoms with van der Waals surface area (Å²) >= 11 is 0. The highest BCUT2D eigenvalue weighted by molar-refractivity contribution is 5.93. The van der Waals surface area contributed by atoms with Crippen molar-refractivity contribution < 1.29 is 23.2 Å². The first-order valence-corrected chi connectivity index (χ1v) is 8.49. The van der Waals surface area contributed by atoms with Gasteiger partial charge in [0.15, 0.2) is 28.7 Å². The maximum atomic E-state index is 12.3. The van der Waals surface area contributed by atoms with Crippen molar-refractivity contribution in [3.8, 4) is 34.3 Å². The summed E-state index contributed by atoms with van der Waals surface area (Å²) in [5, 5.41) is 13.5. The number of fused-ring (bicyclic) bond motifs is 1. The number of carbonyl (C=O) groups excluding carboxylic acids is 1. The first kappa shape index (κ1) is 16.2. The van der Waals surface area contributed by atoms with Gasteiger partial charge in [-0.3, -0.25) is 9.89 Å². The molecule has 9 heteroatoms. The smallest absolute Gasteiger partial charge is 0.272 e. The second-order valence-corrected chi connectivity index (χ2v) is 6.08. The number of nitrogens with one attached hydrogen (secondary N) is 2. The Morgan fingerprint density at radius 2 is 2.04 bits per heavy atom. The van der Waals surface area contributed by atoms with Crippen molar-refractivity contribution in [2.75, 3.05) is 6.79 Å². The average Bonchev–Trinajstić information content (AvgIpc) is 3.51. The lowest BCUT2D eigenvalue weighted by Crippen LogP contribution is -2.23. The summed E-state index contributed by atoms with van der Waals surface area (Å²) in [5.41, 5.74) is 2.28. The Morgan fingerprint density at radius 3 is 2.93 bits per heavy atom. The molecule has 1 aliphatic heterocycles. The number of ether oxygens (including phenoxy) is 2. The molecule has 140 valence electrons. The van der Waals surface area contributed by atoms with Crippen LogP contribution in [0.1, 0.15) is 16.2 Å². The van der Waals surface area contributed by atoms with Gasteiger partial charge in [-0.1, -0.05) is 5.16 Å². The van der Waals surface area contributed by atoms with Crippen molar-refractivity contribution in [2.24, 2.45) is 0 Å². The quantitative estimate of drug-likeness (QED) is 0.548. The van der Waals surface area contributed by atoms with E-state index in [0.717, 1.165) is 5.56 Å². The molecule has 3 aromatic heterocycles. The molecule has 2 N–H and O–H groups in total. The molecule has 4 aromatic rings. The maximum Gasteiger partial charge on any atom is 0.272 e. The number of amides is 1. The third kappa shape index (κ3) is 2.98.